The Morgan fingerprint density at radius 3 is 2.61 bits per heavy atom. The minimum absolute atomic E-state index is 0.0163. The fourth-order valence-corrected chi connectivity index (χ4v) is 3.74. The van der Waals surface area contributed by atoms with Crippen LogP contribution in [0.15, 0.2) is 17.5 Å². The minimum Gasteiger partial charge on any atom is -0.349 e. The quantitative estimate of drug-likeness (QED) is 0.897. The van der Waals surface area contributed by atoms with Crippen LogP contribution in [-0.4, -0.2) is 48.9 Å². The first-order valence-electron chi connectivity index (χ1n) is 8.30. The van der Waals surface area contributed by atoms with Crippen LogP contribution in [0, 0.1) is 5.92 Å². The van der Waals surface area contributed by atoms with E-state index in [-0.39, 0.29) is 18.0 Å². The van der Waals surface area contributed by atoms with Gasteiger partial charge in [0.25, 0.3) is 0 Å². The van der Waals surface area contributed by atoms with E-state index >= 15 is 0 Å². The van der Waals surface area contributed by atoms with E-state index in [4.69, 9.17) is 0 Å². The SMILES string of the molecule is CC[C@@H](NC(=O)N1CCC(CC(=O)N(C)C)CC1)c1cccs1. The predicted molar refractivity (Wildman–Crippen MR) is 93.5 cm³/mol. The lowest BCUT2D eigenvalue weighted by molar-refractivity contribution is -0.129. The lowest BCUT2D eigenvalue weighted by atomic mass is 9.93. The first-order chi connectivity index (χ1) is 11.0. The van der Waals surface area contributed by atoms with Gasteiger partial charge in [-0.25, -0.2) is 4.79 Å². The van der Waals surface area contributed by atoms with E-state index in [9.17, 15) is 9.59 Å². The highest BCUT2D eigenvalue weighted by Gasteiger charge is 2.26. The topological polar surface area (TPSA) is 52.7 Å². The molecule has 2 heterocycles. The van der Waals surface area contributed by atoms with Gasteiger partial charge in [0.1, 0.15) is 0 Å². The molecule has 1 aromatic heterocycles. The van der Waals surface area contributed by atoms with Crippen molar-refractivity contribution in [2.24, 2.45) is 5.92 Å². The van der Waals surface area contributed by atoms with Crippen LogP contribution in [0.5, 0.6) is 0 Å². The van der Waals surface area contributed by atoms with Crippen molar-refractivity contribution in [1.82, 2.24) is 15.1 Å². The molecule has 2 rings (SSSR count). The van der Waals surface area contributed by atoms with Crippen molar-refractivity contribution in [3.63, 3.8) is 0 Å². The summed E-state index contributed by atoms with van der Waals surface area (Å²) in [5.74, 6) is 0.574. The largest absolute Gasteiger partial charge is 0.349 e. The van der Waals surface area contributed by atoms with Gasteiger partial charge in [-0.2, -0.15) is 0 Å². The maximum atomic E-state index is 12.4. The number of amides is 3. The molecule has 1 aliphatic rings. The number of carbonyl (C=O) groups excluding carboxylic acids is 2. The predicted octanol–water partition coefficient (Wildman–Crippen LogP) is 3.10. The summed E-state index contributed by atoms with van der Waals surface area (Å²) in [5.41, 5.74) is 0. The molecule has 6 heteroatoms. The molecule has 128 valence electrons. The van der Waals surface area contributed by atoms with Gasteiger partial charge in [0, 0.05) is 38.5 Å². The van der Waals surface area contributed by atoms with Gasteiger partial charge in [-0.15, -0.1) is 11.3 Å². The number of urea groups is 1. The average Bonchev–Trinajstić information content (AvgIpc) is 3.07. The van der Waals surface area contributed by atoms with Crippen molar-refractivity contribution < 1.29 is 9.59 Å². The van der Waals surface area contributed by atoms with Gasteiger partial charge in [-0.1, -0.05) is 13.0 Å². The van der Waals surface area contributed by atoms with E-state index in [1.165, 1.54) is 4.88 Å². The lowest BCUT2D eigenvalue weighted by Gasteiger charge is -2.33. The highest BCUT2D eigenvalue weighted by atomic mass is 32.1. The summed E-state index contributed by atoms with van der Waals surface area (Å²) >= 11 is 1.68. The average molecular weight is 337 g/mol. The van der Waals surface area contributed by atoms with Crippen LogP contribution < -0.4 is 5.32 Å². The number of thiophene rings is 1. The standard InChI is InChI=1S/C17H27N3O2S/c1-4-14(15-6-5-11-23-15)18-17(22)20-9-7-13(8-10-20)12-16(21)19(2)3/h5-6,11,13-14H,4,7-10,12H2,1-3H3,(H,18,22)/t14-/m1/s1. The molecule has 1 fully saturated rings. The molecule has 0 radical (unpaired) electrons. The molecule has 1 atom stereocenters. The number of piperidine rings is 1. The maximum Gasteiger partial charge on any atom is 0.317 e. The normalized spacial score (nSPS) is 16.9. The molecular formula is C17H27N3O2S. The summed E-state index contributed by atoms with van der Waals surface area (Å²) in [6.45, 7) is 3.56. The Balaban J connectivity index is 1.80. The van der Waals surface area contributed by atoms with E-state index in [0.29, 0.717) is 12.3 Å². The molecular weight excluding hydrogens is 310 g/mol. The fraction of sp³-hybridized carbons (Fsp3) is 0.647. The van der Waals surface area contributed by atoms with E-state index in [1.54, 1.807) is 30.3 Å². The summed E-state index contributed by atoms with van der Waals surface area (Å²) < 4.78 is 0. The lowest BCUT2D eigenvalue weighted by Crippen LogP contribution is -2.45. The van der Waals surface area contributed by atoms with Gasteiger partial charge < -0.3 is 15.1 Å². The zero-order chi connectivity index (χ0) is 16.8. The summed E-state index contributed by atoms with van der Waals surface area (Å²) in [6.07, 6.45) is 3.29. The Bertz CT molecular complexity index is 508. The zero-order valence-corrected chi connectivity index (χ0v) is 15.1. The molecule has 5 nitrogen and oxygen atoms in total. The highest BCUT2D eigenvalue weighted by molar-refractivity contribution is 7.10. The van der Waals surface area contributed by atoms with E-state index in [1.807, 2.05) is 16.3 Å². The van der Waals surface area contributed by atoms with Crippen LogP contribution in [0.2, 0.25) is 0 Å². The summed E-state index contributed by atoms with van der Waals surface area (Å²) in [6, 6.07) is 4.19. The Hall–Kier alpha value is -1.56. The maximum absolute atomic E-state index is 12.4. The molecule has 1 aliphatic heterocycles. The van der Waals surface area contributed by atoms with Gasteiger partial charge in [-0.3, -0.25) is 4.79 Å². The highest BCUT2D eigenvalue weighted by Crippen LogP contribution is 2.24. The van der Waals surface area contributed by atoms with Gasteiger partial charge in [0.05, 0.1) is 6.04 Å². The number of hydrogen-bond acceptors (Lipinski definition) is 3. The number of carbonyl (C=O) groups is 2. The van der Waals surface area contributed by atoms with Crippen LogP contribution in [-0.2, 0) is 4.79 Å². The first-order valence-corrected chi connectivity index (χ1v) is 9.18. The van der Waals surface area contributed by atoms with Crippen molar-refractivity contribution in [2.75, 3.05) is 27.2 Å². The third kappa shape index (κ3) is 4.96. The minimum atomic E-state index is 0.0163. The van der Waals surface area contributed by atoms with Crippen molar-refractivity contribution in [2.45, 2.75) is 38.6 Å². The molecule has 0 aromatic carbocycles. The molecule has 1 N–H and O–H groups in total. The van der Waals surface area contributed by atoms with E-state index in [2.05, 4.69) is 18.3 Å². The molecule has 0 spiro atoms. The number of nitrogens with one attached hydrogen (secondary N) is 1. The third-order valence-corrected chi connectivity index (χ3v) is 5.44. The second-order valence-corrected chi connectivity index (χ2v) is 7.33. The second kappa shape index (κ2) is 8.34. The van der Waals surface area contributed by atoms with Crippen LogP contribution in [0.1, 0.15) is 43.5 Å². The van der Waals surface area contributed by atoms with Gasteiger partial charge in [0.15, 0.2) is 0 Å². The van der Waals surface area contributed by atoms with Crippen LogP contribution in [0.25, 0.3) is 0 Å². The third-order valence-electron chi connectivity index (χ3n) is 4.46. The molecule has 23 heavy (non-hydrogen) atoms. The molecule has 3 amide bonds. The molecule has 0 saturated carbocycles. The second-order valence-electron chi connectivity index (χ2n) is 6.35. The monoisotopic (exact) mass is 337 g/mol. The molecule has 0 unspecified atom stereocenters. The van der Waals surface area contributed by atoms with Crippen molar-refractivity contribution >= 4 is 23.3 Å². The number of nitrogens with zero attached hydrogens (tertiary/aromatic N) is 2. The summed E-state index contributed by atoms with van der Waals surface area (Å²) in [4.78, 5) is 28.9. The van der Waals surface area contributed by atoms with E-state index in [0.717, 1.165) is 32.4 Å². The zero-order valence-electron chi connectivity index (χ0n) is 14.2. The Kier molecular flexibility index (Phi) is 6.45. The van der Waals surface area contributed by atoms with Crippen molar-refractivity contribution in [3.05, 3.63) is 22.4 Å². The summed E-state index contributed by atoms with van der Waals surface area (Å²) in [7, 11) is 3.58. The van der Waals surface area contributed by atoms with Crippen LogP contribution in [0.4, 0.5) is 4.79 Å². The van der Waals surface area contributed by atoms with Crippen molar-refractivity contribution in [3.8, 4) is 0 Å². The Morgan fingerprint density at radius 1 is 1.39 bits per heavy atom. The van der Waals surface area contributed by atoms with Gasteiger partial charge >= 0.3 is 6.03 Å². The molecule has 0 aliphatic carbocycles. The molecule has 1 aromatic rings. The molecule has 1 saturated heterocycles. The summed E-state index contributed by atoms with van der Waals surface area (Å²) in [5, 5.41) is 5.17. The number of likely N-dealkylation sites (tertiary alicyclic amines) is 1. The smallest absolute Gasteiger partial charge is 0.317 e. The van der Waals surface area contributed by atoms with E-state index < -0.39 is 0 Å². The first kappa shape index (κ1) is 17.8. The molecule has 0 bridgehead atoms. The van der Waals surface area contributed by atoms with Crippen LogP contribution in [0.3, 0.4) is 0 Å². The number of rotatable bonds is 5. The van der Waals surface area contributed by atoms with Gasteiger partial charge in [-0.05, 0) is 36.6 Å². The van der Waals surface area contributed by atoms with Crippen LogP contribution >= 0.6 is 11.3 Å². The Labute approximate surface area is 142 Å². The van der Waals surface area contributed by atoms with Crippen molar-refractivity contribution in [1.29, 1.82) is 0 Å². The number of hydrogen-bond donors (Lipinski definition) is 1. The van der Waals surface area contributed by atoms with Gasteiger partial charge in [0.2, 0.25) is 5.91 Å². The fourth-order valence-electron chi connectivity index (χ4n) is 2.87. The Morgan fingerprint density at radius 2 is 2.09 bits per heavy atom.